The van der Waals surface area contributed by atoms with E-state index in [2.05, 4.69) is 15.5 Å². The molecule has 0 bridgehead atoms. The van der Waals surface area contributed by atoms with E-state index >= 15 is 0 Å². The Labute approximate surface area is 116 Å². The Kier molecular flexibility index (Phi) is 4.34. The van der Waals surface area contributed by atoms with Crippen molar-refractivity contribution in [1.29, 1.82) is 0 Å². The molecule has 0 spiro atoms. The fourth-order valence-electron chi connectivity index (χ4n) is 1.66. The predicted octanol–water partition coefficient (Wildman–Crippen LogP) is 2.00. The molecule has 0 atom stereocenters. The lowest BCUT2D eigenvalue weighted by molar-refractivity contribution is 0.0709. The fourth-order valence-corrected chi connectivity index (χ4v) is 1.83. The number of aromatic nitrogens is 4. The summed E-state index contributed by atoms with van der Waals surface area (Å²) in [5.74, 6) is 0.590. The first-order chi connectivity index (χ1) is 9.09. The molecule has 102 valence electrons. The summed E-state index contributed by atoms with van der Waals surface area (Å²) in [5.41, 5.74) is 7.15. The lowest BCUT2D eigenvalue weighted by Crippen LogP contribution is -2.13. The Bertz CT molecular complexity index is 555. The first-order valence-electron chi connectivity index (χ1n) is 6.01. The second kappa shape index (κ2) is 5.99. The number of benzene rings is 1. The van der Waals surface area contributed by atoms with Crippen LogP contribution in [0.25, 0.3) is 11.4 Å². The molecule has 1 heterocycles. The van der Waals surface area contributed by atoms with Crippen LogP contribution in [0.4, 0.5) is 5.69 Å². The third-order valence-corrected chi connectivity index (χ3v) is 2.91. The van der Waals surface area contributed by atoms with Gasteiger partial charge in [-0.1, -0.05) is 17.7 Å². The number of halogens is 1. The molecule has 0 aliphatic heterocycles. The van der Waals surface area contributed by atoms with E-state index in [1.807, 2.05) is 26.0 Å². The van der Waals surface area contributed by atoms with Gasteiger partial charge in [0.1, 0.15) is 0 Å². The Morgan fingerprint density at radius 2 is 2.21 bits per heavy atom. The summed E-state index contributed by atoms with van der Waals surface area (Å²) in [4.78, 5) is 0. The maximum absolute atomic E-state index is 6.00. The second-order valence-electron chi connectivity index (χ2n) is 4.35. The van der Waals surface area contributed by atoms with Crippen LogP contribution in [-0.2, 0) is 11.3 Å². The molecule has 0 radical (unpaired) electrons. The van der Waals surface area contributed by atoms with Gasteiger partial charge in [0.05, 0.1) is 30.0 Å². The highest BCUT2D eigenvalue weighted by Crippen LogP contribution is 2.29. The standard InChI is InChI=1S/C12H16ClN5O/c1-8(2)19-7-6-18-12(15-16-17-18)9-4-3-5-10(13)11(9)14/h3-5,8H,6-7,14H2,1-2H3. The minimum atomic E-state index is 0.177. The van der Waals surface area contributed by atoms with Crippen LogP contribution in [0.2, 0.25) is 5.02 Å². The molecule has 0 aliphatic carbocycles. The van der Waals surface area contributed by atoms with Crippen molar-refractivity contribution < 1.29 is 4.74 Å². The SMILES string of the molecule is CC(C)OCCn1nnnc1-c1cccc(Cl)c1N. The highest BCUT2D eigenvalue weighted by atomic mass is 35.5. The molecule has 0 amide bonds. The summed E-state index contributed by atoms with van der Waals surface area (Å²) in [5, 5.41) is 12.1. The highest BCUT2D eigenvalue weighted by Gasteiger charge is 2.13. The number of anilines is 1. The zero-order valence-corrected chi connectivity index (χ0v) is 11.6. The van der Waals surface area contributed by atoms with Crippen LogP contribution >= 0.6 is 11.6 Å². The van der Waals surface area contributed by atoms with Crippen LogP contribution in [0.5, 0.6) is 0 Å². The van der Waals surface area contributed by atoms with Crippen LogP contribution in [0.1, 0.15) is 13.8 Å². The number of nitrogen functional groups attached to an aromatic ring is 1. The van der Waals surface area contributed by atoms with Crippen molar-refractivity contribution in [2.75, 3.05) is 12.3 Å². The smallest absolute Gasteiger partial charge is 0.184 e. The van der Waals surface area contributed by atoms with E-state index in [0.29, 0.717) is 29.7 Å². The Morgan fingerprint density at radius 1 is 1.42 bits per heavy atom. The average Bonchev–Trinajstić information content (AvgIpc) is 2.80. The number of hydrogen-bond donors (Lipinski definition) is 1. The first-order valence-corrected chi connectivity index (χ1v) is 6.39. The predicted molar refractivity (Wildman–Crippen MR) is 73.8 cm³/mol. The van der Waals surface area contributed by atoms with Crippen molar-refractivity contribution in [3.63, 3.8) is 0 Å². The van der Waals surface area contributed by atoms with Gasteiger partial charge < -0.3 is 10.5 Å². The van der Waals surface area contributed by atoms with Crippen LogP contribution in [0, 0.1) is 0 Å². The van der Waals surface area contributed by atoms with Gasteiger partial charge in [0, 0.05) is 5.56 Å². The zero-order valence-electron chi connectivity index (χ0n) is 10.9. The van der Waals surface area contributed by atoms with Crippen LogP contribution in [-0.4, -0.2) is 32.9 Å². The molecule has 0 saturated carbocycles. The lowest BCUT2D eigenvalue weighted by atomic mass is 10.1. The van der Waals surface area contributed by atoms with Gasteiger partial charge in [0.15, 0.2) is 5.82 Å². The maximum atomic E-state index is 6.00. The summed E-state index contributed by atoms with van der Waals surface area (Å²) in [6.45, 7) is 5.06. The summed E-state index contributed by atoms with van der Waals surface area (Å²) in [6.07, 6.45) is 0.177. The molecular weight excluding hydrogens is 266 g/mol. The molecule has 0 aliphatic rings. The molecule has 2 aromatic rings. The summed E-state index contributed by atoms with van der Waals surface area (Å²) in [6, 6.07) is 5.39. The molecule has 19 heavy (non-hydrogen) atoms. The number of nitrogens with zero attached hydrogens (tertiary/aromatic N) is 4. The van der Waals surface area contributed by atoms with Gasteiger partial charge in [0.2, 0.25) is 0 Å². The quantitative estimate of drug-likeness (QED) is 0.848. The van der Waals surface area contributed by atoms with Crippen molar-refractivity contribution in [2.24, 2.45) is 0 Å². The number of ether oxygens (including phenoxy) is 1. The third kappa shape index (κ3) is 3.21. The topological polar surface area (TPSA) is 78.8 Å². The minimum Gasteiger partial charge on any atom is -0.397 e. The number of hydrogen-bond acceptors (Lipinski definition) is 5. The Balaban J connectivity index is 2.21. The average molecular weight is 282 g/mol. The zero-order chi connectivity index (χ0) is 13.8. The largest absolute Gasteiger partial charge is 0.397 e. The van der Waals surface area contributed by atoms with E-state index in [1.54, 1.807) is 10.7 Å². The fraction of sp³-hybridized carbons (Fsp3) is 0.417. The van der Waals surface area contributed by atoms with Crippen molar-refractivity contribution in [3.8, 4) is 11.4 Å². The van der Waals surface area contributed by atoms with E-state index in [1.165, 1.54) is 0 Å². The third-order valence-electron chi connectivity index (χ3n) is 2.58. The van der Waals surface area contributed by atoms with Gasteiger partial charge in [-0.3, -0.25) is 0 Å². The first kappa shape index (κ1) is 13.8. The van der Waals surface area contributed by atoms with Crippen LogP contribution < -0.4 is 5.73 Å². The Hall–Kier alpha value is -1.66. The molecular formula is C12H16ClN5O. The summed E-state index contributed by atoms with van der Waals surface area (Å²) >= 11 is 6.00. The van der Waals surface area contributed by atoms with Gasteiger partial charge in [0.25, 0.3) is 0 Å². The van der Waals surface area contributed by atoms with Gasteiger partial charge in [-0.25, -0.2) is 4.68 Å². The van der Waals surface area contributed by atoms with E-state index in [-0.39, 0.29) is 6.10 Å². The Morgan fingerprint density at radius 3 is 2.95 bits per heavy atom. The summed E-state index contributed by atoms with van der Waals surface area (Å²) < 4.78 is 7.14. The number of rotatable bonds is 5. The molecule has 2 N–H and O–H groups in total. The van der Waals surface area contributed by atoms with Gasteiger partial charge >= 0.3 is 0 Å². The molecule has 0 saturated heterocycles. The molecule has 6 nitrogen and oxygen atoms in total. The normalized spacial score (nSPS) is 11.2. The molecule has 0 unspecified atom stereocenters. The van der Waals surface area contributed by atoms with Crippen molar-refractivity contribution in [3.05, 3.63) is 23.2 Å². The monoisotopic (exact) mass is 281 g/mol. The van der Waals surface area contributed by atoms with E-state index in [9.17, 15) is 0 Å². The molecule has 2 rings (SSSR count). The van der Waals surface area contributed by atoms with Crippen LogP contribution in [0.15, 0.2) is 18.2 Å². The molecule has 7 heteroatoms. The molecule has 1 aromatic heterocycles. The number of para-hydroxylation sites is 1. The summed E-state index contributed by atoms with van der Waals surface area (Å²) in [7, 11) is 0. The van der Waals surface area contributed by atoms with Gasteiger partial charge in [-0.05, 0) is 36.4 Å². The number of nitrogens with two attached hydrogens (primary N) is 1. The minimum absolute atomic E-state index is 0.177. The van der Waals surface area contributed by atoms with Crippen LogP contribution in [0.3, 0.4) is 0 Å². The highest BCUT2D eigenvalue weighted by molar-refractivity contribution is 6.33. The maximum Gasteiger partial charge on any atom is 0.184 e. The van der Waals surface area contributed by atoms with Gasteiger partial charge in [-0.2, -0.15) is 0 Å². The lowest BCUT2D eigenvalue weighted by Gasteiger charge is -2.09. The van der Waals surface area contributed by atoms with E-state index in [0.717, 1.165) is 5.56 Å². The molecule has 0 fully saturated rings. The van der Waals surface area contributed by atoms with E-state index in [4.69, 9.17) is 22.1 Å². The van der Waals surface area contributed by atoms with Gasteiger partial charge in [-0.15, -0.1) is 5.10 Å². The van der Waals surface area contributed by atoms with E-state index < -0.39 is 0 Å². The molecule has 1 aromatic carbocycles. The van der Waals surface area contributed by atoms with Crippen molar-refractivity contribution in [2.45, 2.75) is 26.5 Å². The van der Waals surface area contributed by atoms with Crippen molar-refractivity contribution >= 4 is 17.3 Å². The van der Waals surface area contributed by atoms with Crippen molar-refractivity contribution in [1.82, 2.24) is 20.2 Å². The number of tetrazole rings is 1. The second-order valence-corrected chi connectivity index (χ2v) is 4.75.